The Morgan fingerprint density at radius 2 is 1.97 bits per heavy atom. The van der Waals surface area contributed by atoms with Crippen LogP contribution in [0.25, 0.3) is 11.6 Å². The average molecular weight is 492 g/mol. The Bertz CT molecular complexity index is 1210. The largest absolute Gasteiger partial charge is 0.573 e. The molecule has 2 aromatic rings. The summed E-state index contributed by atoms with van der Waals surface area (Å²) >= 11 is 1.08. The fraction of sp³-hybridized carbons (Fsp3) is 0.217. The number of carboxylic acid groups (broad SMARTS) is 1. The Hall–Kier alpha value is -3.44. The van der Waals surface area contributed by atoms with Gasteiger partial charge in [0.15, 0.2) is 0 Å². The predicted molar refractivity (Wildman–Crippen MR) is 120 cm³/mol. The van der Waals surface area contributed by atoms with Crippen molar-refractivity contribution in [2.24, 2.45) is 11.7 Å². The number of alkyl halides is 3. The number of amides is 1. The monoisotopic (exact) mass is 492 g/mol. The van der Waals surface area contributed by atoms with E-state index in [0.717, 1.165) is 29.5 Å². The number of aliphatic carboxylic acids is 1. The third-order valence-corrected chi connectivity index (χ3v) is 6.08. The van der Waals surface area contributed by atoms with Crippen LogP contribution >= 0.6 is 11.8 Å². The Balaban J connectivity index is 1.52. The van der Waals surface area contributed by atoms with Crippen LogP contribution in [-0.2, 0) is 9.59 Å². The molecule has 2 unspecified atom stereocenters. The van der Waals surface area contributed by atoms with Crippen LogP contribution in [0.15, 0.2) is 63.4 Å². The second-order valence-corrected chi connectivity index (χ2v) is 8.87. The summed E-state index contributed by atoms with van der Waals surface area (Å²) in [6.07, 6.45) is 0.575. The highest BCUT2D eigenvalue weighted by Gasteiger charge is 2.36. The van der Waals surface area contributed by atoms with E-state index in [9.17, 15) is 27.9 Å². The fourth-order valence-electron chi connectivity index (χ4n) is 3.68. The highest BCUT2D eigenvalue weighted by Crippen LogP contribution is 2.38. The molecule has 2 atom stereocenters. The van der Waals surface area contributed by atoms with Gasteiger partial charge in [-0.15, -0.1) is 13.2 Å². The maximum absolute atomic E-state index is 12.9. The number of rotatable bonds is 5. The second kappa shape index (κ2) is 9.07. The number of carbonyl (C=O) groups excluding carboxylic acids is 1. The van der Waals surface area contributed by atoms with Gasteiger partial charge in [-0.2, -0.15) is 0 Å². The van der Waals surface area contributed by atoms with Crippen LogP contribution in [0.2, 0.25) is 0 Å². The van der Waals surface area contributed by atoms with E-state index < -0.39 is 29.5 Å². The van der Waals surface area contributed by atoms with Crippen LogP contribution in [0.4, 0.5) is 18.9 Å². The number of carbonyl (C=O) groups is 2. The van der Waals surface area contributed by atoms with E-state index in [0.29, 0.717) is 28.5 Å². The minimum Gasteiger partial charge on any atom is -0.478 e. The van der Waals surface area contributed by atoms with Gasteiger partial charge in [0.05, 0.1) is 10.5 Å². The molecule has 34 heavy (non-hydrogen) atoms. The van der Waals surface area contributed by atoms with Crippen LogP contribution in [0, 0.1) is 5.92 Å². The number of carboxylic acids is 1. The zero-order valence-electron chi connectivity index (χ0n) is 17.7. The smallest absolute Gasteiger partial charge is 0.478 e. The number of halogens is 3. The molecule has 4 rings (SSSR count). The van der Waals surface area contributed by atoms with Crippen LogP contribution in [0.5, 0.6) is 5.75 Å². The first kappa shape index (κ1) is 23.7. The highest BCUT2D eigenvalue weighted by molar-refractivity contribution is 8.05. The van der Waals surface area contributed by atoms with Crippen molar-refractivity contribution < 1.29 is 37.0 Å². The number of anilines is 1. The van der Waals surface area contributed by atoms with Crippen molar-refractivity contribution in [3.8, 4) is 5.75 Å². The number of allylic oxidation sites excluding steroid dienone is 2. The molecule has 0 radical (unpaired) electrons. The predicted octanol–water partition coefficient (Wildman–Crippen LogP) is 4.98. The number of furan rings is 1. The Labute approximate surface area is 196 Å². The molecule has 2 heterocycles. The number of thioether (sulfide) groups is 1. The average Bonchev–Trinajstić information content (AvgIpc) is 3.32. The van der Waals surface area contributed by atoms with Gasteiger partial charge < -0.3 is 20.0 Å². The molecule has 11 heteroatoms. The van der Waals surface area contributed by atoms with Crippen molar-refractivity contribution in [1.82, 2.24) is 0 Å². The summed E-state index contributed by atoms with van der Waals surface area (Å²) in [5, 5.41) is 9.29. The number of nitrogens with zero attached hydrogens (tertiary/aromatic N) is 1. The van der Waals surface area contributed by atoms with E-state index in [-0.39, 0.29) is 11.5 Å². The van der Waals surface area contributed by atoms with Gasteiger partial charge in [0.2, 0.25) is 0 Å². The molecule has 178 valence electrons. The van der Waals surface area contributed by atoms with Crippen molar-refractivity contribution in [1.29, 1.82) is 0 Å². The van der Waals surface area contributed by atoms with Crippen molar-refractivity contribution in [2.45, 2.75) is 25.2 Å². The normalized spacial score (nSPS) is 22.1. The highest BCUT2D eigenvalue weighted by atomic mass is 32.2. The molecule has 2 aliphatic rings. The van der Waals surface area contributed by atoms with Crippen LogP contribution in [-0.4, -0.2) is 28.8 Å². The lowest BCUT2D eigenvalue weighted by molar-refractivity contribution is -0.274. The molecular formula is C23H19F3N2O5S. The van der Waals surface area contributed by atoms with Crippen molar-refractivity contribution >= 4 is 41.0 Å². The molecular weight excluding hydrogens is 473 g/mol. The topological polar surface area (TPSA) is 106 Å². The third-order valence-electron chi connectivity index (χ3n) is 5.08. The lowest BCUT2D eigenvalue weighted by Gasteiger charge is -2.20. The standard InChI is InChI=1S/C23H19F3N2O5S/c1-12-8-13(10-14(9-12)21(30)31)18-7-6-17(32-18)11-19-20(29)28(22(27)34-19)15-2-4-16(5-3-15)33-23(24,25)26/h2-7,9-12,22H,8,27H2,1H3,(H,30,31)/b19-11-. The van der Waals surface area contributed by atoms with Gasteiger partial charge in [-0.1, -0.05) is 24.8 Å². The summed E-state index contributed by atoms with van der Waals surface area (Å²) < 4.78 is 46.8. The van der Waals surface area contributed by atoms with Gasteiger partial charge >= 0.3 is 12.3 Å². The lowest BCUT2D eigenvalue weighted by Crippen LogP contribution is -2.38. The molecule has 1 aromatic carbocycles. The van der Waals surface area contributed by atoms with E-state index in [2.05, 4.69) is 4.74 Å². The van der Waals surface area contributed by atoms with E-state index in [1.54, 1.807) is 24.3 Å². The first-order chi connectivity index (χ1) is 16.0. The molecule has 0 spiro atoms. The third kappa shape index (κ3) is 5.20. The van der Waals surface area contributed by atoms with E-state index in [1.165, 1.54) is 23.1 Å². The van der Waals surface area contributed by atoms with Crippen molar-refractivity contribution in [3.05, 3.63) is 70.5 Å². The van der Waals surface area contributed by atoms with Gasteiger partial charge in [-0.05, 0) is 60.4 Å². The maximum Gasteiger partial charge on any atom is 0.573 e. The number of benzene rings is 1. The van der Waals surface area contributed by atoms with Crippen molar-refractivity contribution in [3.63, 3.8) is 0 Å². The molecule has 3 N–H and O–H groups in total. The van der Waals surface area contributed by atoms with Crippen LogP contribution in [0.1, 0.15) is 24.9 Å². The van der Waals surface area contributed by atoms with Gasteiger partial charge in [0.25, 0.3) is 5.91 Å². The van der Waals surface area contributed by atoms with E-state index >= 15 is 0 Å². The fourth-order valence-corrected chi connectivity index (χ4v) is 4.65. The first-order valence-corrected chi connectivity index (χ1v) is 11.0. The summed E-state index contributed by atoms with van der Waals surface area (Å²) in [6, 6.07) is 8.21. The van der Waals surface area contributed by atoms with Gasteiger partial charge in [0, 0.05) is 11.8 Å². The minimum absolute atomic E-state index is 0.0319. The molecule has 0 saturated carbocycles. The molecule has 1 saturated heterocycles. The molecule has 1 fully saturated rings. The van der Waals surface area contributed by atoms with Gasteiger partial charge in [0.1, 0.15) is 22.8 Å². The molecule has 7 nitrogen and oxygen atoms in total. The minimum atomic E-state index is -4.81. The van der Waals surface area contributed by atoms with E-state index in [1.807, 2.05) is 6.92 Å². The molecule has 1 amide bonds. The second-order valence-electron chi connectivity index (χ2n) is 7.71. The summed E-state index contributed by atoms with van der Waals surface area (Å²) in [5.41, 5.74) is 6.55. The maximum atomic E-state index is 12.9. The van der Waals surface area contributed by atoms with Crippen LogP contribution in [0.3, 0.4) is 0 Å². The van der Waals surface area contributed by atoms with Crippen LogP contribution < -0.4 is 15.4 Å². The van der Waals surface area contributed by atoms with E-state index in [4.69, 9.17) is 10.2 Å². The lowest BCUT2D eigenvalue weighted by atomic mass is 9.90. The zero-order chi connectivity index (χ0) is 24.6. The molecule has 1 aromatic heterocycles. The first-order valence-electron chi connectivity index (χ1n) is 10.1. The van der Waals surface area contributed by atoms with Gasteiger partial charge in [-0.3, -0.25) is 9.69 Å². The number of hydrogen-bond acceptors (Lipinski definition) is 6. The van der Waals surface area contributed by atoms with Gasteiger partial charge in [-0.25, -0.2) is 4.79 Å². The Kier molecular flexibility index (Phi) is 6.32. The molecule has 1 aliphatic heterocycles. The number of ether oxygens (including phenoxy) is 1. The Morgan fingerprint density at radius 3 is 2.62 bits per heavy atom. The zero-order valence-corrected chi connectivity index (χ0v) is 18.5. The molecule has 0 bridgehead atoms. The number of hydrogen-bond donors (Lipinski definition) is 2. The Morgan fingerprint density at radius 1 is 1.26 bits per heavy atom. The summed E-state index contributed by atoms with van der Waals surface area (Å²) in [6.45, 7) is 1.91. The SMILES string of the molecule is CC1C=C(C(=O)O)C=C(c2ccc(/C=C3\SC(N)N(c4ccc(OC(F)(F)F)cc4)C3=O)o2)C1. The summed E-state index contributed by atoms with van der Waals surface area (Å²) in [4.78, 5) is 25.8. The van der Waals surface area contributed by atoms with Crippen molar-refractivity contribution in [2.75, 3.05) is 4.90 Å². The summed E-state index contributed by atoms with van der Waals surface area (Å²) in [5.74, 6) is -0.935. The molecule has 1 aliphatic carbocycles. The summed E-state index contributed by atoms with van der Waals surface area (Å²) in [7, 11) is 0. The number of nitrogens with two attached hydrogens (primary N) is 1. The quantitative estimate of drug-likeness (QED) is 0.568.